The lowest BCUT2D eigenvalue weighted by molar-refractivity contribution is -0.117. The average molecular weight is 446 g/mol. The maximum Gasteiger partial charge on any atom is 0.265 e. The second kappa shape index (κ2) is 6.61. The monoisotopic (exact) mass is 445 g/mol. The van der Waals surface area contributed by atoms with Crippen LogP contribution in [0.3, 0.4) is 0 Å². The third-order valence-corrected chi connectivity index (χ3v) is 6.84. The molecular weight excluding hydrogens is 430 g/mol. The summed E-state index contributed by atoms with van der Waals surface area (Å²) in [4.78, 5) is 18.9. The van der Waals surface area contributed by atoms with Crippen LogP contribution in [-0.2, 0) is 14.8 Å². The number of amides is 1. The van der Waals surface area contributed by atoms with Crippen LogP contribution in [-0.4, -0.2) is 32.4 Å². The molecule has 0 aliphatic carbocycles. The molecule has 8 heteroatoms. The van der Waals surface area contributed by atoms with Crippen LogP contribution >= 0.6 is 15.9 Å². The van der Waals surface area contributed by atoms with Gasteiger partial charge in [-0.3, -0.25) is 14.0 Å². The lowest BCUT2D eigenvalue weighted by atomic mass is 10.1. The van der Waals surface area contributed by atoms with Gasteiger partial charge in [0.2, 0.25) is 5.91 Å². The Morgan fingerprint density at radius 3 is 2.56 bits per heavy atom. The van der Waals surface area contributed by atoms with E-state index < -0.39 is 10.0 Å². The van der Waals surface area contributed by atoms with Crippen LogP contribution in [0.4, 0.5) is 11.5 Å². The Labute approximate surface area is 165 Å². The van der Waals surface area contributed by atoms with Crippen molar-refractivity contribution in [1.29, 1.82) is 0 Å². The fraction of sp³-hybridized carbons (Fsp3) is 0.158. The minimum atomic E-state index is -3.77. The van der Waals surface area contributed by atoms with Gasteiger partial charge in [0.15, 0.2) is 0 Å². The highest BCUT2D eigenvalue weighted by molar-refractivity contribution is 9.10. The topological polar surface area (TPSA) is 70.6 Å². The fourth-order valence-electron chi connectivity index (χ4n) is 3.33. The molecule has 1 aromatic heterocycles. The van der Waals surface area contributed by atoms with Crippen molar-refractivity contribution in [1.82, 2.24) is 4.98 Å². The number of carbonyl (C=O) groups excluding carboxylic acids is 1. The van der Waals surface area contributed by atoms with Crippen molar-refractivity contribution in [2.45, 2.75) is 11.8 Å². The van der Waals surface area contributed by atoms with E-state index in [1.165, 1.54) is 9.21 Å². The first kappa shape index (κ1) is 17.9. The van der Waals surface area contributed by atoms with Crippen LogP contribution in [0.15, 0.2) is 64.1 Å². The molecule has 3 aromatic rings. The van der Waals surface area contributed by atoms with Gasteiger partial charge >= 0.3 is 0 Å². The third-order valence-electron chi connectivity index (χ3n) is 4.57. The van der Waals surface area contributed by atoms with Gasteiger partial charge in [-0.2, -0.15) is 0 Å². The van der Waals surface area contributed by atoms with E-state index in [-0.39, 0.29) is 17.3 Å². The summed E-state index contributed by atoms with van der Waals surface area (Å²) < 4.78 is 28.0. The fourth-order valence-corrected chi connectivity index (χ4v) is 5.22. The SMILES string of the molecule is CCN(C(=O)CN1c2cccc3cccc(c23)S1(=O)=O)c1ccc(Br)cn1. The molecule has 0 radical (unpaired) electrons. The summed E-state index contributed by atoms with van der Waals surface area (Å²) in [6, 6.07) is 14.1. The number of benzene rings is 2. The Morgan fingerprint density at radius 1 is 1.15 bits per heavy atom. The van der Waals surface area contributed by atoms with Crippen LogP contribution in [0.2, 0.25) is 0 Å². The molecule has 0 fully saturated rings. The van der Waals surface area contributed by atoms with E-state index >= 15 is 0 Å². The molecule has 1 amide bonds. The van der Waals surface area contributed by atoms with Crippen molar-refractivity contribution in [2.24, 2.45) is 0 Å². The van der Waals surface area contributed by atoms with Crippen molar-refractivity contribution in [2.75, 3.05) is 22.3 Å². The van der Waals surface area contributed by atoms with Gasteiger partial charge in [0.25, 0.3) is 10.0 Å². The molecule has 138 valence electrons. The van der Waals surface area contributed by atoms with Gasteiger partial charge in [0.05, 0.1) is 10.6 Å². The molecule has 1 aliphatic rings. The maximum atomic E-state index is 13.0. The van der Waals surface area contributed by atoms with Gasteiger partial charge in [-0.05, 0) is 52.5 Å². The van der Waals surface area contributed by atoms with Gasteiger partial charge < -0.3 is 0 Å². The molecule has 2 heterocycles. The van der Waals surface area contributed by atoms with Crippen molar-refractivity contribution in [3.63, 3.8) is 0 Å². The molecule has 0 saturated carbocycles. The number of likely N-dealkylation sites (N-methyl/N-ethyl adjacent to an activating group) is 1. The van der Waals surface area contributed by atoms with Gasteiger partial charge in [-0.1, -0.05) is 24.3 Å². The van der Waals surface area contributed by atoms with Crippen LogP contribution in [0, 0.1) is 0 Å². The summed E-state index contributed by atoms with van der Waals surface area (Å²) >= 11 is 3.32. The second-order valence-corrected chi connectivity index (χ2v) is 8.86. The van der Waals surface area contributed by atoms with E-state index in [1.54, 1.807) is 42.6 Å². The molecule has 4 rings (SSSR count). The van der Waals surface area contributed by atoms with Crippen molar-refractivity contribution in [3.8, 4) is 0 Å². The summed E-state index contributed by atoms with van der Waals surface area (Å²) in [5.74, 6) is 0.152. The Balaban J connectivity index is 1.71. The van der Waals surface area contributed by atoms with E-state index in [1.807, 2.05) is 19.1 Å². The Morgan fingerprint density at radius 2 is 1.89 bits per heavy atom. The first-order valence-electron chi connectivity index (χ1n) is 8.40. The number of anilines is 2. The number of pyridine rings is 1. The van der Waals surface area contributed by atoms with Crippen LogP contribution < -0.4 is 9.21 Å². The quantitative estimate of drug-likeness (QED) is 0.615. The first-order valence-corrected chi connectivity index (χ1v) is 10.6. The summed E-state index contributed by atoms with van der Waals surface area (Å²) in [5, 5.41) is 1.50. The molecule has 1 aliphatic heterocycles. The van der Waals surface area contributed by atoms with Crippen molar-refractivity contribution in [3.05, 3.63) is 59.2 Å². The Hall–Kier alpha value is -2.45. The molecule has 0 bridgehead atoms. The molecule has 0 saturated heterocycles. The highest BCUT2D eigenvalue weighted by atomic mass is 79.9. The molecule has 2 aromatic carbocycles. The summed E-state index contributed by atoms with van der Waals surface area (Å²) in [6.45, 7) is 1.94. The highest BCUT2D eigenvalue weighted by Crippen LogP contribution is 2.41. The number of hydrogen-bond donors (Lipinski definition) is 0. The second-order valence-electron chi connectivity index (χ2n) is 6.12. The molecular formula is C19H16BrN3O3S. The zero-order valence-corrected chi connectivity index (χ0v) is 16.9. The number of rotatable bonds is 4. The van der Waals surface area contributed by atoms with Gasteiger partial charge in [-0.15, -0.1) is 0 Å². The smallest absolute Gasteiger partial charge is 0.265 e. The summed E-state index contributed by atoms with van der Waals surface area (Å²) in [5.41, 5.74) is 0.538. The predicted molar refractivity (Wildman–Crippen MR) is 108 cm³/mol. The molecule has 0 N–H and O–H groups in total. The van der Waals surface area contributed by atoms with E-state index in [0.29, 0.717) is 23.4 Å². The maximum absolute atomic E-state index is 13.0. The Bertz CT molecular complexity index is 1140. The zero-order valence-electron chi connectivity index (χ0n) is 14.5. The minimum absolute atomic E-state index is 0.244. The van der Waals surface area contributed by atoms with Crippen LogP contribution in [0.1, 0.15) is 6.92 Å². The lowest BCUT2D eigenvalue weighted by Crippen LogP contribution is -2.42. The van der Waals surface area contributed by atoms with Gasteiger partial charge in [0, 0.05) is 22.6 Å². The summed E-state index contributed by atoms with van der Waals surface area (Å²) in [6.07, 6.45) is 1.61. The molecule has 0 unspecified atom stereocenters. The number of halogens is 1. The van der Waals surface area contributed by atoms with Crippen molar-refractivity contribution >= 4 is 54.1 Å². The number of carbonyl (C=O) groups is 1. The van der Waals surface area contributed by atoms with Gasteiger partial charge in [-0.25, -0.2) is 13.4 Å². The Kier molecular flexibility index (Phi) is 4.39. The number of nitrogens with zero attached hydrogens (tertiary/aromatic N) is 3. The zero-order chi connectivity index (χ0) is 19.2. The minimum Gasteiger partial charge on any atom is -0.296 e. The first-order chi connectivity index (χ1) is 12.9. The number of hydrogen-bond acceptors (Lipinski definition) is 4. The van der Waals surface area contributed by atoms with Gasteiger partial charge in [0.1, 0.15) is 12.4 Å². The normalized spacial score (nSPS) is 14.5. The number of sulfonamides is 1. The van der Waals surface area contributed by atoms with E-state index in [4.69, 9.17) is 0 Å². The molecule has 27 heavy (non-hydrogen) atoms. The van der Waals surface area contributed by atoms with Crippen LogP contribution in [0.25, 0.3) is 10.8 Å². The molecule has 6 nitrogen and oxygen atoms in total. The largest absolute Gasteiger partial charge is 0.296 e. The van der Waals surface area contributed by atoms with Crippen molar-refractivity contribution < 1.29 is 13.2 Å². The van der Waals surface area contributed by atoms with E-state index in [2.05, 4.69) is 20.9 Å². The molecule has 0 atom stereocenters. The highest BCUT2D eigenvalue weighted by Gasteiger charge is 2.37. The summed E-state index contributed by atoms with van der Waals surface area (Å²) in [7, 11) is -3.77. The predicted octanol–water partition coefficient (Wildman–Crippen LogP) is 3.56. The molecule has 0 spiro atoms. The van der Waals surface area contributed by atoms with E-state index in [9.17, 15) is 13.2 Å². The lowest BCUT2D eigenvalue weighted by Gasteiger charge is -2.24. The third kappa shape index (κ3) is 2.89. The standard InChI is InChI=1S/C19H16BrN3O3S/c1-2-22(17-10-9-14(20)11-21-17)18(24)12-23-15-7-3-5-13-6-4-8-16(19(13)15)27(23,25)26/h3-11H,2,12H2,1H3. The van der Waals surface area contributed by atoms with E-state index in [0.717, 1.165) is 9.86 Å². The van der Waals surface area contributed by atoms with Crippen LogP contribution in [0.5, 0.6) is 0 Å². The average Bonchev–Trinajstić information content (AvgIpc) is 2.87. The number of aromatic nitrogens is 1.